The number of rotatable bonds is 5. The molecule has 0 amide bonds. The first-order valence-corrected chi connectivity index (χ1v) is 5.41. The maximum Gasteiger partial charge on any atom is 0.318 e. The minimum atomic E-state index is 0.269. The second kappa shape index (κ2) is 5.20. The van der Waals surface area contributed by atoms with Crippen LogP contribution < -0.4 is 4.90 Å². The van der Waals surface area contributed by atoms with E-state index in [4.69, 9.17) is 16.0 Å². The molecule has 0 radical (unpaired) electrons. The van der Waals surface area contributed by atoms with Crippen molar-refractivity contribution in [3.63, 3.8) is 0 Å². The van der Waals surface area contributed by atoms with E-state index in [-0.39, 0.29) is 5.88 Å². The predicted octanol–water partition coefficient (Wildman–Crippen LogP) is 2.43. The fraction of sp³-hybridized carbons (Fsp3) is 0.778. The van der Waals surface area contributed by atoms with Crippen LogP contribution in [0.15, 0.2) is 4.42 Å². The fourth-order valence-electron chi connectivity index (χ4n) is 1.27. The number of halogens is 1. The number of alkyl halides is 1. The van der Waals surface area contributed by atoms with Gasteiger partial charge in [0.25, 0.3) is 0 Å². The summed E-state index contributed by atoms with van der Waals surface area (Å²) in [5, 5.41) is 7.78. The molecule has 0 saturated carbocycles. The van der Waals surface area contributed by atoms with Crippen molar-refractivity contribution < 1.29 is 4.42 Å². The Labute approximate surface area is 89.3 Å². The predicted molar refractivity (Wildman–Crippen MR) is 56.6 cm³/mol. The highest BCUT2D eigenvalue weighted by Gasteiger charge is 2.16. The molecule has 0 aliphatic heterocycles. The summed E-state index contributed by atoms with van der Waals surface area (Å²) in [5.41, 5.74) is 0. The van der Waals surface area contributed by atoms with Crippen LogP contribution in [0.2, 0.25) is 0 Å². The molecule has 0 aliphatic rings. The molecular weight excluding hydrogens is 202 g/mol. The zero-order chi connectivity index (χ0) is 10.6. The second-order valence-electron chi connectivity index (χ2n) is 3.16. The average molecular weight is 218 g/mol. The van der Waals surface area contributed by atoms with Crippen molar-refractivity contribution in [2.75, 3.05) is 11.4 Å². The molecule has 1 aromatic rings. The lowest BCUT2D eigenvalue weighted by Crippen LogP contribution is -2.32. The zero-order valence-electron chi connectivity index (χ0n) is 8.83. The molecule has 1 atom stereocenters. The lowest BCUT2D eigenvalue weighted by molar-refractivity contribution is 0.477. The molecule has 1 unspecified atom stereocenters. The van der Waals surface area contributed by atoms with E-state index < -0.39 is 0 Å². The van der Waals surface area contributed by atoms with E-state index in [9.17, 15) is 0 Å². The highest BCUT2D eigenvalue weighted by atomic mass is 35.5. The monoisotopic (exact) mass is 217 g/mol. The van der Waals surface area contributed by atoms with E-state index in [1.54, 1.807) is 0 Å². The minimum Gasteiger partial charge on any atom is -0.407 e. The van der Waals surface area contributed by atoms with Crippen LogP contribution >= 0.6 is 11.6 Å². The summed E-state index contributed by atoms with van der Waals surface area (Å²) in [6.45, 7) is 7.19. The van der Waals surface area contributed by atoms with Crippen LogP contribution in [0.1, 0.15) is 33.1 Å². The topological polar surface area (TPSA) is 42.2 Å². The van der Waals surface area contributed by atoms with Gasteiger partial charge in [0.05, 0.1) is 0 Å². The van der Waals surface area contributed by atoms with E-state index in [2.05, 4.69) is 35.9 Å². The van der Waals surface area contributed by atoms with E-state index in [1.165, 1.54) is 0 Å². The van der Waals surface area contributed by atoms with Gasteiger partial charge >= 0.3 is 6.01 Å². The van der Waals surface area contributed by atoms with Gasteiger partial charge in [0, 0.05) is 12.6 Å². The lowest BCUT2D eigenvalue weighted by atomic mass is 10.2. The molecule has 0 aliphatic carbocycles. The molecule has 1 heterocycles. The van der Waals surface area contributed by atoms with Gasteiger partial charge in [0.15, 0.2) is 0 Å². The van der Waals surface area contributed by atoms with Gasteiger partial charge < -0.3 is 9.32 Å². The molecule has 0 fully saturated rings. The molecule has 0 spiro atoms. The van der Waals surface area contributed by atoms with Gasteiger partial charge in [-0.15, -0.1) is 16.7 Å². The number of nitrogens with zero attached hydrogens (tertiary/aromatic N) is 3. The zero-order valence-corrected chi connectivity index (χ0v) is 9.58. The van der Waals surface area contributed by atoms with E-state index in [1.807, 2.05) is 0 Å². The van der Waals surface area contributed by atoms with Crippen molar-refractivity contribution >= 4 is 17.6 Å². The minimum absolute atomic E-state index is 0.269. The molecule has 0 bridgehead atoms. The summed E-state index contributed by atoms with van der Waals surface area (Å²) in [4.78, 5) is 2.07. The molecule has 4 nitrogen and oxygen atoms in total. The average Bonchev–Trinajstić information content (AvgIpc) is 2.67. The molecule has 0 N–H and O–H groups in total. The van der Waals surface area contributed by atoms with Crippen LogP contribution in [-0.2, 0) is 5.88 Å². The quantitative estimate of drug-likeness (QED) is 0.711. The van der Waals surface area contributed by atoms with Crippen LogP contribution in [0.4, 0.5) is 6.01 Å². The highest BCUT2D eigenvalue weighted by Crippen LogP contribution is 2.17. The Morgan fingerprint density at radius 1 is 1.43 bits per heavy atom. The molecule has 0 saturated heterocycles. The van der Waals surface area contributed by atoms with Gasteiger partial charge in [-0.1, -0.05) is 12.0 Å². The molecule has 5 heteroatoms. The largest absolute Gasteiger partial charge is 0.407 e. The summed E-state index contributed by atoms with van der Waals surface area (Å²) in [5.74, 6) is 0.744. The Kier molecular flexibility index (Phi) is 4.20. The van der Waals surface area contributed by atoms with Crippen LogP contribution in [0.5, 0.6) is 0 Å². The van der Waals surface area contributed by atoms with Crippen molar-refractivity contribution in [2.24, 2.45) is 0 Å². The Hall–Kier alpha value is -0.770. The van der Waals surface area contributed by atoms with Crippen LogP contribution in [-0.4, -0.2) is 22.8 Å². The van der Waals surface area contributed by atoms with E-state index >= 15 is 0 Å². The molecule has 14 heavy (non-hydrogen) atoms. The third kappa shape index (κ3) is 2.38. The summed E-state index contributed by atoms with van der Waals surface area (Å²) in [6, 6.07) is 0.973. The number of hydrogen-bond donors (Lipinski definition) is 0. The van der Waals surface area contributed by atoms with Crippen molar-refractivity contribution in [3.8, 4) is 0 Å². The maximum atomic E-state index is 5.59. The third-order valence-electron chi connectivity index (χ3n) is 2.28. The fourth-order valence-corrected chi connectivity index (χ4v) is 1.38. The Bertz CT molecular complexity index is 277. The third-order valence-corrected chi connectivity index (χ3v) is 2.51. The Morgan fingerprint density at radius 2 is 2.14 bits per heavy atom. The summed E-state index contributed by atoms with van der Waals surface area (Å²) >= 11 is 5.59. The number of hydrogen-bond acceptors (Lipinski definition) is 4. The van der Waals surface area contributed by atoms with Crippen molar-refractivity contribution in [1.82, 2.24) is 10.2 Å². The van der Waals surface area contributed by atoms with Gasteiger partial charge in [-0.05, 0) is 20.3 Å². The van der Waals surface area contributed by atoms with E-state index in [0.29, 0.717) is 17.9 Å². The van der Waals surface area contributed by atoms with Crippen LogP contribution in [0.25, 0.3) is 0 Å². The lowest BCUT2D eigenvalue weighted by Gasteiger charge is -2.24. The molecule has 0 aromatic carbocycles. The van der Waals surface area contributed by atoms with Crippen molar-refractivity contribution in [3.05, 3.63) is 5.89 Å². The van der Waals surface area contributed by atoms with Crippen LogP contribution in [0.3, 0.4) is 0 Å². The standard InChI is InChI=1S/C9H16ClN3O/c1-4-7(3)13(5-2)9-12-11-8(6-10)14-9/h7H,4-6H2,1-3H3. The molecule has 1 aromatic heterocycles. The molecular formula is C9H16ClN3O. The summed E-state index contributed by atoms with van der Waals surface area (Å²) in [6.07, 6.45) is 1.05. The van der Waals surface area contributed by atoms with Gasteiger partial charge in [-0.3, -0.25) is 0 Å². The van der Waals surface area contributed by atoms with Crippen molar-refractivity contribution in [1.29, 1.82) is 0 Å². The second-order valence-corrected chi connectivity index (χ2v) is 3.42. The first-order chi connectivity index (χ1) is 6.72. The normalized spacial score (nSPS) is 12.9. The van der Waals surface area contributed by atoms with Crippen molar-refractivity contribution in [2.45, 2.75) is 39.1 Å². The first-order valence-electron chi connectivity index (χ1n) is 4.87. The Balaban J connectivity index is 2.78. The highest BCUT2D eigenvalue weighted by molar-refractivity contribution is 6.16. The SMILES string of the molecule is CCC(C)N(CC)c1nnc(CCl)o1. The maximum absolute atomic E-state index is 5.59. The van der Waals surface area contributed by atoms with Gasteiger partial charge in [-0.2, -0.15) is 0 Å². The van der Waals surface area contributed by atoms with E-state index in [0.717, 1.165) is 13.0 Å². The van der Waals surface area contributed by atoms with Gasteiger partial charge in [-0.25, -0.2) is 0 Å². The molecule has 80 valence electrons. The number of aromatic nitrogens is 2. The van der Waals surface area contributed by atoms with Crippen LogP contribution in [0, 0.1) is 0 Å². The smallest absolute Gasteiger partial charge is 0.318 e. The summed E-state index contributed by atoms with van der Waals surface area (Å²) in [7, 11) is 0. The van der Waals surface area contributed by atoms with Gasteiger partial charge in [0.2, 0.25) is 5.89 Å². The summed E-state index contributed by atoms with van der Waals surface area (Å²) < 4.78 is 5.38. The number of anilines is 1. The van der Waals surface area contributed by atoms with Gasteiger partial charge in [0.1, 0.15) is 5.88 Å². The first kappa shape index (κ1) is 11.3. The Morgan fingerprint density at radius 3 is 2.57 bits per heavy atom. The molecule has 1 rings (SSSR count).